The fourth-order valence-corrected chi connectivity index (χ4v) is 3.41. The molecule has 1 aromatic heterocycles. The summed E-state index contributed by atoms with van der Waals surface area (Å²) in [6, 6.07) is 21.4. The predicted octanol–water partition coefficient (Wildman–Crippen LogP) is 5.67. The smallest absolute Gasteiger partial charge is 0.0744 e. The van der Waals surface area contributed by atoms with Gasteiger partial charge in [-0.1, -0.05) is 58.4 Å². The van der Waals surface area contributed by atoms with Crippen LogP contribution in [-0.2, 0) is 12.8 Å². The molecule has 1 aliphatic rings. The Labute approximate surface area is 139 Å². The van der Waals surface area contributed by atoms with Crippen molar-refractivity contribution in [1.29, 1.82) is 0 Å². The van der Waals surface area contributed by atoms with E-state index in [1.54, 1.807) is 0 Å². The van der Waals surface area contributed by atoms with E-state index in [1.165, 1.54) is 23.1 Å². The average Bonchev–Trinajstić information content (AvgIpc) is 2.74. The maximum atomic E-state index is 5.00. The summed E-state index contributed by atoms with van der Waals surface area (Å²) in [7, 11) is 0. The van der Waals surface area contributed by atoms with Gasteiger partial charge >= 0.3 is 0 Å². The largest absolute Gasteiger partial charge is 0.247 e. The van der Waals surface area contributed by atoms with Crippen LogP contribution in [0.15, 0.2) is 65.1 Å². The molecular formula is C20H16BrN. The zero-order valence-corrected chi connectivity index (χ0v) is 13.8. The van der Waals surface area contributed by atoms with Crippen LogP contribution in [0.25, 0.3) is 22.5 Å². The van der Waals surface area contributed by atoms with E-state index in [0.717, 1.165) is 34.3 Å². The molecule has 0 fully saturated rings. The molecule has 1 heterocycles. The van der Waals surface area contributed by atoms with Gasteiger partial charge in [0.05, 0.1) is 11.4 Å². The second-order valence-electron chi connectivity index (χ2n) is 5.72. The van der Waals surface area contributed by atoms with Crippen molar-refractivity contribution >= 4 is 15.9 Å². The van der Waals surface area contributed by atoms with Crippen LogP contribution in [0.2, 0.25) is 0 Å². The van der Waals surface area contributed by atoms with E-state index in [0.29, 0.717) is 0 Å². The van der Waals surface area contributed by atoms with Crippen LogP contribution in [0.4, 0.5) is 0 Å². The molecule has 1 aliphatic carbocycles. The summed E-state index contributed by atoms with van der Waals surface area (Å²) < 4.78 is 1.09. The molecule has 108 valence electrons. The van der Waals surface area contributed by atoms with Gasteiger partial charge in [0, 0.05) is 15.6 Å². The van der Waals surface area contributed by atoms with Crippen molar-refractivity contribution < 1.29 is 0 Å². The maximum Gasteiger partial charge on any atom is 0.0744 e. The van der Waals surface area contributed by atoms with Gasteiger partial charge < -0.3 is 0 Å². The lowest BCUT2D eigenvalue weighted by Crippen LogP contribution is -1.94. The lowest BCUT2D eigenvalue weighted by Gasteiger charge is -2.10. The molecule has 2 aromatic carbocycles. The van der Waals surface area contributed by atoms with Gasteiger partial charge in [0.15, 0.2) is 0 Å². The third-order valence-electron chi connectivity index (χ3n) is 4.28. The number of aryl methyl sites for hydroxylation is 2. The van der Waals surface area contributed by atoms with Crippen LogP contribution < -0.4 is 0 Å². The van der Waals surface area contributed by atoms with Crippen molar-refractivity contribution in [2.75, 3.05) is 0 Å². The molecule has 0 spiro atoms. The molecule has 0 bridgehead atoms. The molecule has 3 aromatic rings. The monoisotopic (exact) mass is 349 g/mol. The van der Waals surface area contributed by atoms with Crippen LogP contribution in [0, 0.1) is 0 Å². The van der Waals surface area contributed by atoms with Crippen LogP contribution in [-0.4, -0.2) is 4.98 Å². The Morgan fingerprint density at radius 1 is 0.773 bits per heavy atom. The highest BCUT2D eigenvalue weighted by molar-refractivity contribution is 9.10. The van der Waals surface area contributed by atoms with Gasteiger partial charge in [-0.2, -0.15) is 0 Å². The predicted molar refractivity (Wildman–Crippen MR) is 94.8 cm³/mol. The van der Waals surface area contributed by atoms with E-state index in [1.807, 2.05) is 0 Å². The zero-order chi connectivity index (χ0) is 14.9. The van der Waals surface area contributed by atoms with E-state index < -0.39 is 0 Å². The number of halogens is 1. The van der Waals surface area contributed by atoms with E-state index in [-0.39, 0.29) is 0 Å². The van der Waals surface area contributed by atoms with Crippen molar-refractivity contribution in [3.8, 4) is 22.5 Å². The summed E-state index contributed by atoms with van der Waals surface area (Å²) in [4.78, 5) is 5.00. The molecule has 0 N–H and O–H groups in total. The van der Waals surface area contributed by atoms with E-state index >= 15 is 0 Å². The standard InChI is InChI=1S/C20H16BrN/c21-17-11-8-15(9-12-17)19-13-10-16-6-3-5-14-4-1-2-7-18(14)20(16)22-19/h1-2,4,7-13H,3,5-6H2. The molecule has 0 unspecified atom stereocenters. The van der Waals surface area contributed by atoms with Crippen molar-refractivity contribution in [2.45, 2.75) is 19.3 Å². The normalized spacial score (nSPS) is 13.1. The topological polar surface area (TPSA) is 12.9 Å². The van der Waals surface area contributed by atoms with Crippen LogP contribution in [0.3, 0.4) is 0 Å². The fourth-order valence-electron chi connectivity index (χ4n) is 3.14. The van der Waals surface area contributed by atoms with Crippen LogP contribution in [0.1, 0.15) is 17.5 Å². The van der Waals surface area contributed by atoms with Crippen molar-refractivity contribution in [1.82, 2.24) is 4.98 Å². The molecule has 0 amide bonds. The number of benzene rings is 2. The molecule has 0 atom stereocenters. The first kappa shape index (κ1) is 13.7. The SMILES string of the molecule is Brc1ccc(-c2ccc3c(n2)-c2ccccc2CCC3)cc1. The third-order valence-corrected chi connectivity index (χ3v) is 4.81. The van der Waals surface area contributed by atoms with Gasteiger partial charge in [0.1, 0.15) is 0 Å². The minimum Gasteiger partial charge on any atom is -0.247 e. The van der Waals surface area contributed by atoms with Gasteiger partial charge in [-0.05, 0) is 48.6 Å². The quantitative estimate of drug-likeness (QED) is 0.551. The first-order valence-electron chi connectivity index (χ1n) is 7.65. The van der Waals surface area contributed by atoms with E-state index in [9.17, 15) is 0 Å². The first-order chi connectivity index (χ1) is 10.8. The Hall–Kier alpha value is -1.93. The molecule has 1 nitrogen and oxygen atoms in total. The minimum absolute atomic E-state index is 1.04. The Bertz CT molecular complexity index is 821. The maximum absolute atomic E-state index is 5.00. The number of fused-ring (bicyclic) bond motifs is 3. The van der Waals surface area contributed by atoms with Gasteiger partial charge in [0.25, 0.3) is 0 Å². The average molecular weight is 350 g/mol. The second-order valence-corrected chi connectivity index (χ2v) is 6.64. The highest BCUT2D eigenvalue weighted by Crippen LogP contribution is 2.33. The summed E-state index contributed by atoms with van der Waals surface area (Å²) >= 11 is 3.49. The summed E-state index contributed by atoms with van der Waals surface area (Å²) in [5.41, 5.74) is 7.45. The summed E-state index contributed by atoms with van der Waals surface area (Å²) in [6.07, 6.45) is 3.45. The number of hydrogen-bond acceptors (Lipinski definition) is 1. The Morgan fingerprint density at radius 3 is 2.41 bits per heavy atom. The van der Waals surface area contributed by atoms with Crippen molar-refractivity contribution in [3.05, 3.63) is 76.3 Å². The molecule has 4 rings (SSSR count). The van der Waals surface area contributed by atoms with Gasteiger partial charge in [-0.3, -0.25) is 0 Å². The summed E-state index contributed by atoms with van der Waals surface area (Å²) in [6.45, 7) is 0. The minimum atomic E-state index is 1.04. The number of pyridine rings is 1. The van der Waals surface area contributed by atoms with Gasteiger partial charge in [-0.15, -0.1) is 0 Å². The highest BCUT2D eigenvalue weighted by atomic mass is 79.9. The van der Waals surface area contributed by atoms with Crippen LogP contribution >= 0.6 is 15.9 Å². The van der Waals surface area contributed by atoms with Crippen molar-refractivity contribution in [3.63, 3.8) is 0 Å². The summed E-state index contributed by atoms with van der Waals surface area (Å²) in [5.74, 6) is 0. The summed E-state index contributed by atoms with van der Waals surface area (Å²) in [5, 5.41) is 0. The Balaban J connectivity index is 1.88. The number of hydrogen-bond donors (Lipinski definition) is 0. The fraction of sp³-hybridized carbons (Fsp3) is 0.150. The molecule has 0 radical (unpaired) electrons. The molecular weight excluding hydrogens is 334 g/mol. The third kappa shape index (κ3) is 2.48. The second kappa shape index (κ2) is 5.69. The first-order valence-corrected chi connectivity index (χ1v) is 8.45. The lowest BCUT2D eigenvalue weighted by atomic mass is 10.0. The van der Waals surface area contributed by atoms with E-state index in [4.69, 9.17) is 4.98 Å². The van der Waals surface area contributed by atoms with Gasteiger partial charge in [-0.25, -0.2) is 4.98 Å². The van der Waals surface area contributed by atoms with Crippen LogP contribution in [0.5, 0.6) is 0 Å². The number of rotatable bonds is 1. The molecule has 22 heavy (non-hydrogen) atoms. The zero-order valence-electron chi connectivity index (χ0n) is 12.2. The Morgan fingerprint density at radius 2 is 1.55 bits per heavy atom. The molecule has 0 aliphatic heterocycles. The van der Waals surface area contributed by atoms with Gasteiger partial charge in [0.2, 0.25) is 0 Å². The lowest BCUT2D eigenvalue weighted by molar-refractivity contribution is 0.833. The molecule has 0 saturated heterocycles. The number of nitrogens with zero attached hydrogens (tertiary/aromatic N) is 1. The highest BCUT2D eigenvalue weighted by Gasteiger charge is 2.16. The Kier molecular flexibility index (Phi) is 3.55. The van der Waals surface area contributed by atoms with Crippen molar-refractivity contribution in [2.24, 2.45) is 0 Å². The number of aromatic nitrogens is 1. The molecule has 0 saturated carbocycles. The molecule has 2 heteroatoms. The van der Waals surface area contributed by atoms with E-state index in [2.05, 4.69) is 76.6 Å².